The molecular weight excluding hydrogens is 425 g/mol. The fourth-order valence-electron chi connectivity index (χ4n) is 3.46. The molecule has 0 aliphatic carbocycles. The highest BCUT2D eigenvalue weighted by atomic mass is 127. The van der Waals surface area contributed by atoms with Crippen molar-refractivity contribution < 1.29 is 4.74 Å². The van der Waals surface area contributed by atoms with Gasteiger partial charge in [-0.1, -0.05) is 51.1 Å². The smallest absolute Gasteiger partial charge is 0.191 e. The van der Waals surface area contributed by atoms with Gasteiger partial charge in [0.25, 0.3) is 0 Å². The molecule has 0 spiro atoms. The summed E-state index contributed by atoms with van der Waals surface area (Å²) in [6.45, 7) is 10.7. The van der Waals surface area contributed by atoms with Crippen LogP contribution in [0.25, 0.3) is 0 Å². The third-order valence-corrected chi connectivity index (χ3v) is 4.71. The molecule has 0 aromatic heterocycles. The van der Waals surface area contributed by atoms with Gasteiger partial charge in [0.05, 0.1) is 12.1 Å². The number of nitrogens with one attached hydrogen (secondary N) is 2. The molecule has 3 unspecified atom stereocenters. The third kappa shape index (κ3) is 6.77. The number of benzene rings is 1. The van der Waals surface area contributed by atoms with Crippen molar-refractivity contribution in [2.75, 3.05) is 20.2 Å². The van der Waals surface area contributed by atoms with Gasteiger partial charge in [-0.15, -0.1) is 24.0 Å². The average molecular weight is 459 g/mol. The molecule has 4 nitrogen and oxygen atoms in total. The number of hydrogen-bond donors (Lipinski definition) is 2. The lowest BCUT2D eigenvalue weighted by Crippen LogP contribution is -2.47. The molecule has 25 heavy (non-hydrogen) atoms. The van der Waals surface area contributed by atoms with Crippen molar-refractivity contribution in [1.82, 2.24) is 10.6 Å². The van der Waals surface area contributed by atoms with Gasteiger partial charge in [0.1, 0.15) is 0 Å². The van der Waals surface area contributed by atoms with E-state index in [0.29, 0.717) is 12.0 Å². The summed E-state index contributed by atoms with van der Waals surface area (Å²) in [6.07, 6.45) is 2.65. The summed E-state index contributed by atoms with van der Waals surface area (Å²) in [6, 6.07) is 10.7. The normalized spacial score (nSPS) is 22.7. The number of ether oxygens (including phenoxy) is 1. The van der Waals surface area contributed by atoms with Gasteiger partial charge in [-0.2, -0.15) is 0 Å². The fraction of sp³-hybridized carbons (Fsp3) is 0.650. The molecule has 1 saturated heterocycles. The maximum atomic E-state index is 6.07. The maximum absolute atomic E-state index is 6.07. The Kier molecular flexibility index (Phi) is 9.21. The molecule has 1 aliphatic rings. The predicted octanol–water partition coefficient (Wildman–Crippen LogP) is 4.37. The van der Waals surface area contributed by atoms with E-state index in [-0.39, 0.29) is 35.4 Å². The van der Waals surface area contributed by atoms with Crippen LogP contribution >= 0.6 is 24.0 Å². The molecule has 1 heterocycles. The van der Waals surface area contributed by atoms with Gasteiger partial charge in [-0.3, -0.25) is 4.99 Å². The van der Waals surface area contributed by atoms with E-state index in [9.17, 15) is 0 Å². The van der Waals surface area contributed by atoms with Gasteiger partial charge in [0.2, 0.25) is 0 Å². The molecule has 1 aromatic rings. The SMILES string of the molecule is CN=C(NCC1CCCOC1C(C)(C)C)NC(C)c1ccccc1.I. The van der Waals surface area contributed by atoms with Crippen molar-refractivity contribution in [3.05, 3.63) is 35.9 Å². The minimum atomic E-state index is 0. The fourth-order valence-corrected chi connectivity index (χ4v) is 3.46. The van der Waals surface area contributed by atoms with Crippen molar-refractivity contribution >= 4 is 29.9 Å². The Labute approximate surface area is 170 Å². The molecule has 1 aromatic carbocycles. The summed E-state index contributed by atoms with van der Waals surface area (Å²) in [5.41, 5.74) is 1.43. The van der Waals surface area contributed by atoms with Gasteiger partial charge < -0.3 is 15.4 Å². The molecule has 2 N–H and O–H groups in total. The number of halogens is 1. The Bertz CT molecular complexity index is 527. The molecule has 1 aliphatic heterocycles. The Balaban J connectivity index is 0.00000312. The van der Waals surface area contributed by atoms with Gasteiger partial charge in [0, 0.05) is 26.1 Å². The van der Waals surface area contributed by atoms with E-state index in [1.54, 1.807) is 0 Å². The maximum Gasteiger partial charge on any atom is 0.191 e. The minimum Gasteiger partial charge on any atom is -0.377 e. The standard InChI is InChI=1S/C20H33N3O.HI/c1-15(16-10-7-6-8-11-16)23-19(21-5)22-14-17-12-9-13-24-18(17)20(2,3)4;/h6-8,10-11,15,17-18H,9,12-14H2,1-5H3,(H2,21,22,23);1H. The van der Waals surface area contributed by atoms with Crippen LogP contribution in [0.1, 0.15) is 52.1 Å². The first-order valence-corrected chi connectivity index (χ1v) is 9.05. The second-order valence-corrected chi connectivity index (χ2v) is 7.79. The monoisotopic (exact) mass is 459 g/mol. The van der Waals surface area contributed by atoms with Gasteiger partial charge >= 0.3 is 0 Å². The van der Waals surface area contributed by atoms with Crippen LogP contribution in [0.4, 0.5) is 0 Å². The van der Waals surface area contributed by atoms with Crippen molar-refractivity contribution in [2.45, 2.75) is 52.7 Å². The number of hydrogen-bond acceptors (Lipinski definition) is 2. The number of guanidine groups is 1. The Morgan fingerprint density at radius 1 is 1.28 bits per heavy atom. The van der Waals surface area contributed by atoms with Crippen molar-refractivity contribution in [3.63, 3.8) is 0 Å². The highest BCUT2D eigenvalue weighted by Crippen LogP contribution is 2.33. The summed E-state index contributed by atoms with van der Waals surface area (Å²) in [7, 11) is 1.83. The molecule has 142 valence electrons. The Morgan fingerprint density at radius 3 is 2.56 bits per heavy atom. The lowest BCUT2D eigenvalue weighted by molar-refractivity contribution is -0.0835. The van der Waals surface area contributed by atoms with Crippen LogP contribution in [0.3, 0.4) is 0 Å². The van der Waals surface area contributed by atoms with E-state index < -0.39 is 0 Å². The molecule has 0 saturated carbocycles. The van der Waals surface area contributed by atoms with Crippen molar-refractivity contribution in [2.24, 2.45) is 16.3 Å². The van der Waals surface area contributed by atoms with Crippen LogP contribution in [0.15, 0.2) is 35.3 Å². The van der Waals surface area contributed by atoms with Gasteiger partial charge in [-0.25, -0.2) is 0 Å². The molecule has 1 fully saturated rings. The van der Waals surface area contributed by atoms with E-state index >= 15 is 0 Å². The third-order valence-electron chi connectivity index (χ3n) is 4.71. The van der Waals surface area contributed by atoms with Crippen molar-refractivity contribution in [1.29, 1.82) is 0 Å². The minimum absolute atomic E-state index is 0. The van der Waals surface area contributed by atoms with E-state index in [0.717, 1.165) is 25.5 Å². The number of nitrogens with zero attached hydrogens (tertiary/aromatic N) is 1. The van der Waals surface area contributed by atoms with E-state index in [2.05, 4.69) is 67.6 Å². The van der Waals surface area contributed by atoms with Crippen LogP contribution in [0.2, 0.25) is 0 Å². The Hall–Kier alpha value is -0.820. The van der Waals surface area contributed by atoms with Crippen LogP contribution < -0.4 is 10.6 Å². The molecule has 2 rings (SSSR count). The van der Waals surface area contributed by atoms with Gasteiger partial charge in [0.15, 0.2) is 5.96 Å². The highest BCUT2D eigenvalue weighted by Gasteiger charge is 2.35. The zero-order chi connectivity index (χ0) is 17.6. The number of aliphatic imine (C=N–C) groups is 1. The second-order valence-electron chi connectivity index (χ2n) is 7.79. The lowest BCUT2D eigenvalue weighted by atomic mass is 9.78. The zero-order valence-corrected chi connectivity index (χ0v) is 18.5. The Morgan fingerprint density at radius 2 is 1.96 bits per heavy atom. The summed E-state index contributed by atoms with van der Waals surface area (Å²) in [4.78, 5) is 4.38. The summed E-state index contributed by atoms with van der Waals surface area (Å²) < 4.78 is 6.07. The van der Waals surface area contributed by atoms with Crippen LogP contribution in [0.5, 0.6) is 0 Å². The topological polar surface area (TPSA) is 45.7 Å². The summed E-state index contributed by atoms with van der Waals surface area (Å²) in [5, 5.41) is 6.97. The molecule has 0 radical (unpaired) electrons. The van der Waals surface area contributed by atoms with Gasteiger partial charge in [-0.05, 0) is 30.7 Å². The van der Waals surface area contributed by atoms with E-state index in [4.69, 9.17) is 4.74 Å². The van der Waals surface area contributed by atoms with E-state index in [1.165, 1.54) is 12.0 Å². The number of rotatable bonds is 4. The molecule has 3 atom stereocenters. The summed E-state index contributed by atoms with van der Waals surface area (Å²) in [5.74, 6) is 1.37. The van der Waals surface area contributed by atoms with E-state index in [1.807, 2.05) is 13.1 Å². The summed E-state index contributed by atoms with van der Waals surface area (Å²) >= 11 is 0. The highest BCUT2D eigenvalue weighted by molar-refractivity contribution is 14.0. The van der Waals surface area contributed by atoms with Crippen molar-refractivity contribution in [3.8, 4) is 0 Å². The van der Waals surface area contributed by atoms with Crippen LogP contribution in [-0.2, 0) is 4.74 Å². The molecule has 0 bridgehead atoms. The zero-order valence-electron chi connectivity index (χ0n) is 16.2. The second kappa shape index (κ2) is 10.4. The quantitative estimate of drug-likeness (QED) is 0.399. The molecule has 5 heteroatoms. The first-order valence-electron chi connectivity index (χ1n) is 9.05. The largest absolute Gasteiger partial charge is 0.377 e. The predicted molar refractivity (Wildman–Crippen MR) is 117 cm³/mol. The first kappa shape index (κ1) is 22.2. The van der Waals surface area contributed by atoms with Crippen LogP contribution in [-0.4, -0.2) is 32.3 Å². The first-order chi connectivity index (χ1) is 11.4. The average Bonchev–Trinajstić information content (AvgIpc) is 2.58. The molecular formula is C20H34IN3O. The molecule has 0 amide bonds. The lowest BCUT2D eigenvalue weighted by Gasteiger charge is -2.40. The van der Waals surface area contributed by atoms with Crippen LogP contribution in [0, 0.1) is 11.3 Å².